The van der Waals surface area contributed by atoms with Crippen LogP contribution in [0.1, 0.15) is 2.85 Å². The Balaban J connectivity index is -0.000000135. The van der Waals surface area contributed by atoms with Crippen LogP contribution < -0.4 is 0 Å². The summed E-state index contributed by atoms with van der Waals surface area (Å²) in [5, 5.41) is 0. The van der Waals surface area contributed by atoms with Crippen LogP contribution in [0, 0.1) is 0 Å². The van der Waals surface area contributed by atoms with Gasteiger partial charge in [0.05, 0.1) is 16.1 Å². The zero-order valence-corrected chi connectivity index (χ0v) is 12.8. The molecular weight excluding hydrogens is 200 g/mol. The van der Waals surface area contributed by atoms with Gasteiger partial charge in [-0.25, -0.2) is 0 Å². The van der Waals surface area contributed by atoms with E-state index in [1.807, 2.05) is 0 Å². The van der Waals surface area contributed by atoms with E-state index < -0.39 is 16.1 Å². The molecule has 0 saturated heterocycles. The predicted molar refractivity (Wildman–Crippen MR) is 64.3 cm³/mol. The molecule has 0 aromatic rings. The van der Waals surface area contributed by atoms with E-state index in [4.69, 9.17) is 11.6 Å². The summed E-state index contributed by atoms with van der Waals surface area (Å²) >= 11 is 6.36. The van der Waals surface area contributed by atoms with E-state index in [1.54, 1.807) is 0 Å². The zero-order valence-electron chi connectivity index (χ0n) is 10.7. The fourth-order valence-electron chi connectivity index (χ4n) is 1.30. The Hall–Kier alpha value is 1.49. The Kier molecular flexibility index (Phi) is 6.33. The van der Waals surface area contributed by atoms with E-state index in [9.17, 15) is 0 Å². The number of alkyl halides is 1. The van der Waals surface area contributed by atoms with Crippen LogP contribution in [-0.2, 0) is 0 Å². The van der Waals surface area contributed by atoms with Gasteiger partial charge in [0.2, 0.25) is 0 Å². The fraction of sp³-hybridized carbons (Fsp3) is 1.00. The van der Waals surface area contributed by atoms with Crippen molar-refractivity contribution in [3.05, 3.63) is 0 Å². The molecule has 66 valence electrons. The van der Waals surface area contributed by atoms with Crippen LogP contribution in [0.25, 0.3) is 0 Å². The van der Waals surface area contributed by atoms with Crippen molar-refractivity contribution in [2.75, 3.05) is 0 Å². The van der Waals surface area contributed by atoms with Crippen molar-refractivity contribution < 1.29 is 2.85 Å². The molecule has 0 aromatic carbocycles. The maximum atomic E-state index is 6.36. The SMILES string of the molecule is C[Si](C)(C)C(Cl)[Si](C)(C)C.[H-].[H-].[Mg+2]. The van der Waals surface area contributed by atoms with Crippen molar-refractivity contribution in [1.29, 1.82) is 0 Å². The summed E-state index contributed by atoms with van der Waals surface area (Å²) in [6.45, 7) is 14.1. The van der Waals surface area contributed by atoms with Gasteiger partial charge in [-0.1, -0.05) is 39.3 Å². The zero-order chi connectivity index (χ0) is 8.58. The largest absolute Gasteiger partial charge is 2.00 e. The Labute approximate surface area is 97.2 Å². The monoisotopic (exact) mass is 220 g/mol. The molecule has 0 atom stereocenters. The van der Waals surface area contributed by atoms with E-state index in [-0.39, 0.29) is 25.9 Å². The smallest absolute Gasteiger partial charge is 1.00 e. The first-order valence-electron chi connectivity index (χ1n) is 3.80. The standard InChI is InChI=1S/C7H19ClSi2.Mg.2H/c1-9(2,3)7(8)10(4,5)6;;;/h7H,1-6H3;;;/q;+2;2*-1. The molecule has 0 aliphatic rings. The van der Waals surface area contributed by atoms with Crippen molar-refractivity contribution in [3.8, 4) is 0 Å². The van der Waals surface area contributed by atoms with E-state index >= 15 is 0 Å². The molecule has 0 amide bonds. The first-order chi connectivity index (χ1) is 4.15. The van der Waals surface area contributed by atoms with E-state index in [0.29, 0.717) is 4.62 Å². The van der Waals surface area contributed by atoms with Gasteiger partial charge < -0.3 is 2.85 Å². The van der Waals surface area contributed by atoms with Gasteiger partial charge in [-0.05, 0) is 0 Å². The van der Waals surface area contributed by atoms with E-state index in [2.05, 4.69) is 39.3 Å². The molecule has 0 bridgehead atoms. The number of halogens is 1. The second-order valence-corrected chi connectivity index (χ2v) is 17.5. The van der Waals surface area contributed by atoms with Gasteiger partial charge >= 0.3 is 23.1 Å². The molecule has 0 radical (unpaired) electrons. The topological polar surface area (TPSA) is 0 Å². The molecule has 11 heavy (non-hydrogen) atoms. The van der Waals surface area contributed by atoms with Crippen LogP contribution in [0.2, 0.25) is 39.3 Å². The summed E-state index contributed by atoms with van der Waals surface area (Å²) in [6, 6.07) is 0. The third kappa shape index (κ3) is 5.69. The summed E-state index contributed by atoms with van der Waals surface area (Å²) < 4.78 is 0.514. The summed E-state index contributed by atoms with van der Waals surface area (Å²) in [4.78, 5) is 0. The van der Waals surface area contributed by atoms with Crippen LogP contribution in [0.15, 0.2) is 0 Å². The second kappa shape index (κ2) is 4.65. The number of rotatable bonds is 2. The Bertz CT molecular complexity index is 109. The number of hydrogen-bond acceptors (Lipinski definition) is 0. The molecule has 0 spiro atoms. The minimum atomic E-state index is -1.07. The molecule has 0 aliphatic heterocycles. The Morgan fingerprint density at radius 1 is 0.909 bits per heavy atom. The third-order valence-electron chi connectivity index (χ3n) is 1.52. The van der Waals surface area contributed by atoms with Gasteiger partial charge in [0, 0.05) is 4.62 Å². The molecule has 4 heteroatoms. The van der Waals surface area contributed by atoms with Crippen molar-refractivity contribution in [3.63, 3.8) is 0 Å². The van der Waals surface area contributed by atoms with Gasteiger partial charge in [-0.3, -0.25) is 0 Å². The molecule has 0 nitrogen and oxygen atoms in total. The molecule has 0 aliphatic carbocycles. The summed E-state index contributed by atoms with van der Waals surface area (Å²) in [7, 11) is -2.14. The Morgan fingerprint density at radius 2 is 1.09 bits per heavy atom. The van der Waals surface area contributed by atoms with Gasteiger partial charge in [0.25, 0.3) is 0 Å². The average Bonchev–Trinajstić information content (AvgIpc) is 1.59. The minimum Gasteiger partial charge on any atom is -1.00 e. The van der Waals surface area contributed by atoms with Crippen molar-refractivity contribution in [2.45, 2.75) is 43.9 Å². The number of hydrogen-bond donors (Lipinski definition) is 0. The second-order valence-electron chi connectivity index (χ2n) is 5.09. The molecule has 0 fully saturated rings. The van der Waals surface area contributed by atoms with Gasteiger partial charge in [0.1, 0.15) is 0 Å². The van der Waals surface area contributed by atoms with Crippen LogP contribution in [0.3, 0.4) is 0 Å². The van der Waals surface area contributed by atoms with Crippen LogP contribution in [-0.4, -0.2) is 43.8 Å². The molecule has 0 N–H and O–H groups in total. The molecule has 0 unspecified atom stereocenters. The van der Waals surface area contributed by atoms with Gasteiger partial charge in [0.15, 0.2) is 0 Å². The van der Waals surface area contributed by atoms with Crippen molar-refractivity contribution >= 4 is 50.8 Å². The average molecular weight is 221 g/mol. The maximum absolute atomic E-state index is 6.36. The van der Waals surface area contributed by atoms with Crippen LogP contribution in [0.4, 0.5) is 0 Å². The first kappa shape index (κ1) is 15.0. The molecule has 0 saturated carbocycles. The quantitative estimate of drug-likeness (QED) is 0.496. The van der Waals surface area contributed by atoms with Gasteiger partial charge in [-0.15, -0.1) is 11.6 Å². The first-order valence-corrected chi connectivity index (χ1v) is 11.4. The minimum absolute atomic E-state index is 0. The van der Waals surface area contributed by atoms with Crippen LogP contribution >= 0.6 is 11.6 Å². The molecule has 0 heterocycles. The normalized spacial score (nSPS) is 13.1. The summed E-state index contributed by atoms with van der Waals surface area (Å²) in [5.74, 6) is 0. The Morgan fingerprint density at radius 3 is 1.09 bits per heavy atom. The van der Waals surface area contributed by atoms with E-state index in [1.165, 1.54) is 0 Å². The maximum Gasteiger partial charge on any atom is 2.00 e. The van der Waals surface area contributed by atoms with Crippen LogP contribution in [0.5, 0.6) is 0 Å². The molecule has 0 aromatic heterocycles. The van der Waals surface area contributed by atoms with Gasteiger partial charge in [-0.2, -0.15) is 0 Å². The van der Waals surface area contributed by atoms with Crippen molar-refractivity contribution in [1.82, 2.24) is 0 Å². The predicted octanol–water partition coefficient (Wildman–Crippen LogP) is 3.19. The summed E-state index contributed by atoms with van der Waals surface area (Å²) in [6.07, 6.45) is 0. The fourth-order valence-corrected chi connectivity index (χ4v) is 11.7. The third-order valence-corrected chi connectivity index (χ3v) is 13.7. The van der Waals surface area contributed by atoms with Crippen molar-refractivity contribution in [2.24, 2.45) is 0 Å². The van der Waals surface area contributed by atoms with E-state index in [0.717, 1.165) is 0 Å². The molecular formula is C7H21ClMgSi2. The summed E-state index contributed by atoms with van der Waals surface area (Å²) in [5.41, 5.74) is 0. The molecule has 0 rings (SSSR count).